The van der Waals surface area contributed by atoms with E-state index in [-0.39, 0.29) is 0 Å². The Morgan fingerprint density at radius 3 is 2.88 bits per heavy atom. The van der Waals surface area contributed by atoms with E-state index in [1.165, 1.54) is 10.8 Å². The number of rotatable bonds is 3. The molecule has 2 aromatic heterocycles. The van der Waals surface area contributed by atoms with Gasteiger partial charge in [-0.15, -0.1) is 0 Å². The maximum absolute atomic E-state index is 11.3. The van der Waals surface area contributed by atoms with Crippen LogP contribution in [0.4, 0.5) is 5.82 Å². The van der Waals surface area contributed by atoms with Gasteiger partial charge >= 0.3 is 0 Å². The van der Waals surface area contributed by atoms with Crippen LogP contribution in [0.2, 0.25) is 0 Å². The monoisotopic (exact) mass is 234 g/mol. The number of carbonyl (C=O) groups is 1. The predicted octanol–water partition coefficient (Wildman–Crippen LogP) is 0.109. The number of aryl methyl sites for hydroxylation is 1. The molecular formula is C10H14N6O. The van der Waals surface area contributed by atoms with Crippen LogP contribution in [0.25, 0.3) is 5.78 Å². The summed E-state index contributed by atoms with van der Waals surface area (Å²) in [7, 11) is 0. The molecule has 2 rings (SSSR count). The van der Waals surface area contributed by atoms with Crippen molar-refractivity contribution in [1.82, 2.24) is 19.6 Å². The summed E-state index contributed by atoms with van der Waals surface area (Å²) in [6.45, 7) is 5.25. The molecule has 17 heavy (non-hydrogen) atoms. The topological polar surface area (TPSA) is 98.2 Å². The van der Waals surface area contributed by atoms with Crippen molar-refractivity contribution in [3.05, 3.63) is 18.1 Å². The molecule has 90 valence electrons. The first-order valence-electron chi connectivity index (χ1n) is 5.15. The van der Waals surface area contributed by atoms with Crippen molar-refractivity contribution in [3.8, 4) is 0 Å². The first kappa shape index (κ1) is 11.3. The van der Waals surface area contributed by atoms with E-state index in [9.17, 15) is 4.79 Å². The van der Waals surface area contributed by atoms with E-state index in [0.717, 1.165) is 5.69 Å². The molecule has 0 unspecified atom stereocenters. The van der Waals surface area contributed by atoms with E-state index in [1.54, 1.807) is 19.9 Å². The number of fused-ring (bicyclic) bond motifs is 1. The minimum Gasteiger partial charge on any atom is -0.368 e. The molecule has 0 saturated heterocycles. The third-order valence-electron chi connectivity index (χ3n) is 2.44. The highest BCUT2D eigenvalue weighted by atomic mass is 16.1. The van der Waals surface area contributed by atoms with Crippen molar-refractivity contribution in [2.24, 2.45) is 5.73 Å². The van der Waals surface area contributed by atoms with Crippen LogP contribution in [0, 0.1) is 6.92 Å². The van der Waals surface area contributed by atoms with Crippen LogP contribution in [0.15, 0.2) is 12.4 Å². The van der Waals surface area contributed by atoms with E-state index in [0.29, 0.717) is 11.6 Å². The summed E-state index contributed by atoms with van der Waals surface area (Å²) in [5, 5.41) is 7.07. The second-order valence-corrected chi connectivity index (χ2v) is 4.37. The van der Waals surface area contributed by atoms with Crippen LogP contribution < -0.4 is 11.1 Å². The standard InChI is InChI=1S/C10H14N6O/c1-6-4-7(15-10(2,3)8(11)17)16-9(14-6)12-5-13-16/h4-5,15H,1-3H3,(H2,11,17). The molecule has 0 aliphatic carbocycles. The highest BCUT2D eigenvalue weighted by Crippen LogP contribution is 2.15. The first-order valence-corrected chi connectivity index (χ1v) is 5.15. The second-order valence-electron chi connectivity index (χ2n) is 4.37. The fourth-order valence-electron chi connectivity index (χ4n) is 1.40. The number of nitrogens with one attached hydrogen (secondary N) is 1. The number of amides is 1. The predicted molar refractivity (Wildman–Crippen MR) is 62.4 cm³/mol. The van der Waals surface area contributed by atoms with Crippen molar-refractivity contribution >= 4 is 17.5 Å². The minimum absolute atomic E-state index is 0.444. The van der Waals surface area contributed by atoms with Crippen molar-refractivity contribution in [3.63, 3.8) is 0 Å². The molecule has 1 amide bonds. The Morgan fingerprint density at radius 1 is 1.53 bits per heavy atom. The Bertz CT molecular complexity index is 573. The number of nitrogens with zero attached hydrogens (tertiary/aromatic N) is 4. The smallest absolute Gasteiger partial charge is 0.254 e. The van der Waals surface area contributed by atoms with Crippen LogP contribution in [-0.2, 0) is 4.79 Å². The number of hydrogen-bond acceptors (Lipinski definition) is 5. The van der Waals surface area contributed by atoms with Gasteiger partial charge in [-0.1, -0.05) is 0 Å². The lowest BCUT2D eigenvalue weighted by atomic mass is 10.1. The van der Waals surface area contributed by atoms with Crippen molar-refractivity contribution in [1.29, 1.82) is 0 Å². The molecule has 2 aromatic rings. The average molecular weight is 234 g/mol. The highest BCUT2D eigenvalue weighted by molar-refractivity contribution is 5.86. The van der Waals surface area contributed by atoms with E-state index < -0.39 is 11.4 Å². The lowest BCUT2D eigenvalue weighted by molar-refractivity contribution is -0.121. The summed E-state index contributed by atoms with van der Waals surface area (Å²) in [5.41, 5.74) is 5.23. The Labute approximate surface area is 98.1 Å². The molecule has 0 aliphatic heterocycles. The second kappa shape index (κ2) is 3.69. The first-order chi connectivity index (χ1) is 7.90. The van der Waals surface area contributed by atoms with E-state index in [1.807, 2.05) is 6.92 Å². The number of anilines is 1. The van der Waals surface area contributed by atoms with Crippen LogP contribution in [0.5, 0.6) is 0 Å². The molecule has 0 aliphatic rings. The number of carbonyl (C=O) groups excluding carboxylic acids is 1. The molecule has 0 bridgehead atoms. The number of hydrogen-bond donors (Lipinski definition) is 2. The van der Waals surface area contributed by atoms with Crippen LogP contribution >= 0.6 is 0 Å². The Morgan fingerprint density at radius 2 is 2.24 bits per heavy atom. The summed E-state index contributed by atoms with van der Waals surface area (Å²) in [4.78, 5) is 19.5. The molecule has 0 atom stereocenters. The Hall–Kier alpha value is -2.18. The third kappa shape index (κ3) is 2.03. The van der Waals surface area contributed by atoms with Gasteiger partial charge in [0.15, 0.2) is 0 Å². The van der Waals surface area contributed by atoms with E-state index >= 15 is 0 Å². The van der Waals surface area contributed by atoms with Gasteiger partial charge in [0.2, 0.25) is 5.91 Å². The highest BCUT2D eigenvalue weighted by Gasteiger charge is 2.25. The van der Waals surface area contributed by atoms with E-state index in [4.69, 9.17) is 5.73 Å². The number of nitrogens with two attached hydrogens (primary N) is 1. The maximum Gasteiger partial charge on any atom is 0.254 e. The molecule has 7 nitrogen and oxygen atoms in total. The lowest BCUT2D eigenvalue weighted by Crippen LogP contribution is -2.45. The summed E-state index contributed by atoms with van der Waals surface area (Å²) < 4.78 is 1.53. The zero-order chi connectivity index (χ0) is 12.6. The SMILES string of the molecule is Cc1cc(NC(C)(C)C(N)=O)n2ncnc2n1. The van der Waals surface area contributed by atoms with E-state index in [2.05, 4.69) is 20.4 Å². The minimum atomic E-state index is -0.868. The fraction of sp³-hybridized carbons (Fsp3) is 0.400. The third-order valence-corrected chi connectivity index (χ3v) is 2.44. The Kier molecular flexibility index (Phi) is 2.45. The number of primary amides is 1. The summed E-state index contributed by atoms with van der Waals surface area (Å²) >= 11 is 0. The van der Waals surface area contributed by atoms with Crippen LogP contribution in [0.3, 0.4) is 0 Å². The van der Waals surface area contributed by atoms with Gasteiger partial charge in [0, 0.05) is 11.8 Å². The average Bonchev–Trinajstić information content (AvgIpc) is 2.64. The summed E-state index contributed by atoms with van der Waals surface area (Å²) in [6, 6.07) is 1.78. The van der Waals surface area contributed by atoms with Gasteiger partial charge in [-0.2, -0.15) is 14.6 Å². The van der Waals surface area contributed by atoms with Gasteiger partial charge in [-0.25, -0.2) is 4.98 Å². The van der Waals surface area contributed by atoms with Crippen LogP contribution in [0.1, 0.15) is 19.5 Å². The van der Waals surface area contributed by atoms with Crippen molar-refractivity contribution in [2.45, 2.75) is 26.3 Å². The quantitative estimate of drug-likeness (QED) is 0.785. The van der Waals surface area contributed by atoms with Crippen LogP contribution in [-0.4, -0.2) is 31.0 Å². The normalized spacial score (nSPS) is 11.7. The fourth-order valence-corrected chi connectivity index (χ4v) is 1.40. The largest absolute Gasteiger partial charge is 0.368 e. The molecule has 0 saturated carbocycles. The molecular weight excluding hydrogens is 220 g/mol. The van der Waals surface area contributed by atoms with Gasteiger partial charge < -0.3 is 11.1 Å². The van der Waals surface area contributed by atoms with Gasteiger partial charge in [0.1, 0.15) is 17.7 Å². The summed E-state index contributed by atoms with van der Waals surface area (Å²) in [6.07, 6.45) is 1.41. The molecule has 0 spiro atoms. The van der Waals surface area contributed by atoms with Gasteiger partial charge in [0.05, 0.1) is 0 Å². The Balaban J connectivity index is 2.48. The number of aromatic nitrogens is 4. The molecule has 3 N–H and O–H groups in total. The molecule has 7 heteroatoms. The molecule has 0 fully saturated rings. The maximum atomic E-state index is 11.3. The molecule has 0 aromatic carbocycles. The molecule has 2 heterocycles. The van der Waals surface area contributed by atoms with Gasteiger partial charge in [-0.3, -0.25) is 4.79 Å². The van der Waals surface area contributed by atoms with Crippen molar-refractivity contribution in [2.75, 3.05) is 5.32 Å². The van der Waals surface area contributed by atoms with Crippen molar-refractivity contribution < 1.29 is 4.79 Å². The summed E-state index contributed by atoms with van der Waals surface area (Å²) in [5.74, 6) is 0.668. The molecule has 0 radical (unpaired) electrons. The van der Waals surface area contributed by atoms with Gasteiger partial charge in [-0.05, 0) is 20.8 Å². The zero-order valence-electron chi connectivity index (χ0n) is 9.93. The van der Waals surface area contributed by atoms with Gasteiger partial charge in [0.25, 0.3) is 5.78 Å². The lowest BCUT2D eigenvalue weighted by Gasteiger charge is -2.23. The zero-order valence-corrected chi connectivity index (χ0v) is 9.93.